The minimum atomic E-state index is -0.452. The van der Waals surface area contributed by atoms with Gasteiger partial charge < -0.3 is 0 Å². The number of hydrogen-bond donors (Lipinski definition) is 0. The Morgan fingerprint density at radius 3 is 2.62 bits per heavy atom. The van der Waals surface area contributed by atoms with Crippen molar-refractivity contribution in [2.24, 2.45) is 5.92 Å². The zero-order valence-corrected chi connectivity index (χ0v) is 11.8. The van der Waals surface area contributed by atoms with Crippen LogP contribution >= 0.6 is 31.9 Å². The Balaban J connectivity index is 2.23. The summed E-state index contributed by atoms with van der Waals surface area (Å²) in [5.41, 5.74) is 0.214. The molecule has 1 aliphatic carbocycles. The Bertz CT molecular complexity index is 393. The summed E-state index contributed by atoms with van der Waals surface area (Å²) in [4.78, 5) is 0.394. The average Bonchev–Trinajstić information content (AvgIpc) is 2.65. The van der Waals surface area contributed by atoms with E-state index in [-0.39, 0.29) is 5.56 Å². The van der Waals surface area contributed by atoms with Gasteiger partial charge in [0.1, 0.15) is 11.6 Å². The fourth-order valence-electron chi connectivity index (χ4n) is 2.24. The molecule has 1 saturated carbocycles. The van der Waals surface area contributed by atoms with E-state index in [1.807, 2.05) is 0 Å². The van der Waals surface area contributed by atoms with Crippen LogP contribution in [0.2, 0.25) is 0 Å². The first-order valence-corrected chi connectivity index (χ1v) is 7.07. The third-order valence-corrected chi connectivity index (χ3v) is 4.99. The van der Waals surface area contributed by atoms with Crippen LogP contribution in [-0.2, 0) is 6.42 Å². The van der Waals surface area contributed by atoms with E-state index in [0.29, 0.717) is 21.6 Å². The first-order valence-electron chi connectivity index (χ1n) is 5.36. The molecule has 1 aromatic carbocycles. The van der Waals surface area contributed by atoms with Crippen molar-refractivity contribution >= 4 is 31.9 Å². The lowest BCUT2D eigenvalue weighted by Crippen LogP contribution is -2.12. The summed E-state index contributed by atoms with van der Waals surface area (Å²) < 4.78 is 27.6. The molecule has 2 atom stereocenters. The number of benzene rings is 1. The Kier molecular flexibility index (Phi) is 4.01. The van der Waals surface area contributed by atoms with Gasteiger partial charge in [0, 0.05) is 10.4 Å². The zero-order chi connectivity index (χ0) is 11.7. The van der Waals surface area contributed by atoms with E-state index in [4.69, 9.17) is 0 Å². The van der Waals surface area contributed by atoms with Crippen molar-refractivity contribution in [3.05, 3.63) is 33.8 Å². The summed E-state index contributed by atoms with van der Waals surface area (Å²) in [6.07, 6.45) is 3.76. The normalized spacial score (nSPS) is 25.0. The average molecular weight is 354 g/mol. The van der Waals surface area contributed by atoms with Gasteiger partial charge in [-0.2, -0.15) is 0 Å². The number of rotatable bonds is 2. The van der Waals surface area contributed by atoms with Crippen molar-refractivity contribution in [1.29, 1.82) is 0 Å². The molecular formula is C12H12Br2F2. The van der Waals surface area contributed by atoms with Crippen LogP contribution in [0.1, 0.15) is 24.8 Å². The monoisotopic (exact) mass is 352 g/mol. The molecule has 1 aromatic rings. The predicted octanol–water partition coefficient (Wildman–Crippen LogP) is 4.83. The quantitative estimate of drug-likeness (QED) is 0.527. The topological polar surface area (TPSA) is 0 Å². The molecule has 0 heterocycles. The SMILES string of the molecule is Fc1ccc(Br)c(F)c1CC1CCCC1Br. The van der Waals surface area contributed by atoms with Gasteiger partial charge in [-0.05, 0) is 53.2 Å². The third-order valence-electron chi connectivity index (χ3n) is 3.17. The summed E-state index contributed by atoms with van der Waals surface area (Å²) >= 11 is 6.66. The Morgan fingerprint density at radius 2 is 2.00 bits per heavy atom. The van der Waals surface area contributed by atoms with E-state index in [9.17, 15) is 8.78 Å². The molecule has 4 heteroatoms. The van der Waals surface area contributed by atoms with Crippen LogP contribution in [0.4, 0.5) is 8.78 Å². The van der Waals surface area contributed by atoms with Gasteiger partial charge in [-0.15, -0.1) is 0 Å². The van der Waals surface area contributed by atoms with Crippen LogP contribution in [0.25, 0.3) is 0 Å². The van der Waals surface area contributed by atoms with Gasteiger partial charge in [-0.3, -0.25) is 0 Å². The van der Waals surface area contributed by atoms with Crippen LogP contribution in [0.5, 0.6) is 0 Å². The second-order valence-corrected chi connectivity index (χ2v) is 6.26. The van der Waals surface area contributed by atoms with Crippen LogP contribution in [-0.4, -0.2) is 4.83 Å². The zero-order valence-electron chi connectivity index (χ0n) is 8.65. The van der Waals surface area contributed by atoms with Crippen molar-refractivity contribution in [2.45, 2.75) is 30.5 Å². The van der Waals surface area contributed by atoms with Gasteiger partial charge in [-0.1, -0.05) is 22.4 Å². The molecule has 0 aliphatic heterocycles. The molecule has 0 nitrogen and oxygen atoms in total. The first kappa shape index (κ1) is 12.5. The molecule has 0 radical (unpaired) electrons. The molecular weight excluding hydrogens is 342 g/mol. The minimum absolute atomic E-state index is 0.214. The molecule has 0 spiro atoms. The van der Waals surface area contributed by atoms with E-state index in [2.05, 4.69) is 31.9 Å². The summed E-state index contributed by atoms with van der Waals surface area (Å²) in [6.45, 7) is 0. The van der Waals surface area contributed by atoms with Crippen molar-refractivity contribution < 1.29 is 8.78 Å². The van der Waals surface area contributed by atoms with Gasteiger partial charge in [0.15, 0.2) is 0 Å². The number of halogens is 4. The molecule has 1 fully saturated rings. The molecule has 0 N–H and O–H groups in total. The molecule has 0 amide bonds. The second kappa shape index (κ2) is 5.13. The summed E-state index contributed by atoms with van der Waals surface area (Å²) in [5.74, 6) is -0.544. The number of hydrogen-bond acceptors (Lipinski definition) is 0. The highest BCUT2D eigenvalue weighted by Crippen LogP contribution is 2.35. The van der Waals surface area contributed by atoms with E-state index in [0.717, 1.165) is 19.3 Å². The van der Waals surface area contributed by atoms with Gasteiger partial charge in [0.2, 0.25) is 0 Å². The summed E-state index contributed by atoms with van der Waals surface area (Å²) in [5, 5.41) is 0. The fraction of sp³-hybridized carbons (Fsp3) is 0.500. The van der Waals surface area contributed by atoms with E-state index >= 15 is 0 Å². The standard InChI is InChI=1S/C12H12Br2F2/c13-9-3-1-2-7(9)6-8-11(15)5-4-10(14)12(8)16/h4-5,7,9H,1-3,6H2. The number of alkyl halides is 1. The van der Waals surface area contributed by atoms with Gasteiger partial charge in [0.25, 0.3) is 0 Å². The van der Waals surface area contributed by atoms with Gasteiger partial charge >= 0.3 is 0 Å². The minimum Gasteiger partial charge on any atom is -0.207 e. The van der Waals surface area contributed by atoms with E-state index in [1.165, 1.54) is 12.1 Å². The van der Waals surface area contributed by atoms with Crippen molar-refractivity contribution in [1.82, 2.24) is 0 Å². The molecule has 2 unspecified atom stereocenters. The van der Waals surface area contributed by atoms with Gasteiger partial charge in [-0.25, -0.2) is 8.78 Å². The molecule has 16 heavy (non-hydrogen) atoms. The maximum atomic E-state index is 13.7. The predicted molar refractivity (Wildman–Crippen MR) is 67.8 cm³/mol. The molecule has 0 aromatic heterocycles. The lowest BCUT2D eigenvalue weighted by atomic mass is 9.97. The van der Waals surface area contributed by atoms with Crippen LogP contribution in [0, 0.1) is 17.6 Å². The van der Waals surface area contributed by atoms with Crippen LogP contribution < -0.4 is 0 Å². The Morgan fingerprint density at radius 1 is 1.25 bits per heavy atom. The van der Waals surface area contributed by atoms with Crippen molar-refractivity contribution in [3.63, 3.8) is 0 Å². The highest BCUT2D eigenvalue weighted by molar-refractivity contribution is 9.10. The molecule has 0 bridgehead atoms. The lowest BCUT2D eigenvalue weighted by molar-refractivity contribution is 0.496. The van der Waals surface area contributed by atoms with Gasteiger partial charge in [0.05, 0.1) is 4.47 Å². The van der Waals surface area contributed by atoms with Crippen LogP contribution in [0.3, 0.4) is 0 Å². The van der Waals surface area contributed by atoms with E-state index in [1.54, 1.807) is 0 Å². The molecule has 2 rings (SSSR count). The highest BCUT2D eigenvalue weighted by atomic mass is 79.9. The summed E-state index contributed by atoms with van der Waals surface area (Å²) in [7, 11) is 0. The maximum Gasteiger partial charge on any atom is 0.143 e. The molecule has 88 valence electrons. The Labute approximate surface area is 111 Å². The maximum absolute atomic E-state index is 13.7. The largest absolute Gasteiger partial charge is 0.207 e. The highest BCUT2D eigenvalue weighted by Gasteiger charge is 2.27. The van der Waals surface area contributed by atoms with Crippen molar-refractivity contribution in [2.75, 3.05) is 0 Å². The molecule has 0 saturated heterocycles. The lowest BCUT2D eigenvalue weighted by Gasteiger charge is -2.15. The summed E-state index contributed by atoms with van der Waals surface area (Å²) in [6, 6.07) is 2.73. The Hall–Kier alpha value is 0.0400. The molecule has 1 aliphatic rings. The third kappa shape index (κ3) is 2.48. The fourth-order valence-corrected chi connectivity index (χ4v) is 3.39. The second-order valence-electron chi connectivity index (χ2n) is 4.23. The van der Waals surface area contributed by atoms with E-state index < -0.39 is 11.6 Å². The van der Waals surface area contributed by atoms with Crippen LogP contribution in [0.15, 0.2) is 16.6 Å². The van der Waals surface area contributed by atoms with Crippen molar-refractivity contribution in [3.8, 4) is 0 Å². The smallest absolute Gasteiger partial charge is 0.143 e. The first-order chi connectivity index (χ1) is 7.59.